The van der Waals surface area contributed by atoms with Gasteiger partial charge in [0.05, 0.1) is 22.8 Å². The number of hydrogen-bond donors (Lipinski definition) is 1. The third kappa shape index (κ3) is 3.74. The van der Waals surface area contributed by atoms with Crippen LogP contribution in [0.3, 0.4) is 0 Å². The second-order valence-electron chi connectivity index (χ2n) is 6.65. The van der Waals surface area contributed by atoms with Gasteiger partial charge in [0.1, 0.15) is 5.69 Å². The number of pyridine rings is 1. The fourth-order valence-corrected chi connectivity index (χ4v) is 3.80. The Hall–Kier alpha value is -2.66. The zero-order valence-electron chi connectivity index (χ0n) is 15.0. The molecule has 27 heavy (non-hydrogen) atoms. The third-order valence-electron chi connectivity index (χ3n) is 4.89. The molecule has 0 radical (unpaired) electrons. The van der Waals surface area contributed by atoms with Crippen molar-refractivity contribution in [3.05, 3.63) is 70.5 Å². The minimum Gasteiger partial charge on any atom is -0.350 e. The number of aromatic nitrogens is 3. The molecule has 0 spiro atoms. The van der Waals surface area contributed by atoms with Crippen LogP contribution in [-0.4, -0.2) is 27.2 Å². The van der Waals surface area contributed by atoms with E-state index in [9.17, 15) is 4.79 Å². The number of nitrogens with one attached hydrogen (secondary N) is 1. The molecule has 2 aromatic heterocycles. The molecule has 1 aliphatic rings. The van der Waals surface area contributed by atoms with Gasteiger partial charge in [-0.2, -0.15) is 5.10 Å². The molecule has 0 bridgehead atoms. The molecule has 1 aromatic carbocycles. The molecule has 138 valence electrons. The molecule has 2 heterocycles. The predicted octanol–water partition coefficient (Wildman–Crippen LogP) is 3.91. The van der Waals surface area contributed by atoms with E-state index in [0.29, 0.717) is 23.7 Å². The number of carbonyl (C=O) groups excluding carboxylic acids is 1. The first kappa shape index (κ1) is 17.7. The normalized spacial score (nSPS) is 13.2. The second kappa shape index (κ2) is 7.92. The average molecular weight is 381 g/mol. The van der Waals surface area contributed by atoms with Crippen molar-refractivity contribution >= 4 is 17.5 Å². The average Bonchev–Trinajstić information content (AvgIpc) is 3.08. The molecule has 1 N–H and O–H groups in total. The van der Waals surface area contributed by atoms with E-state index in [1.807, 2.05) is 35.0 Å². The summed E-state index contributed by atoms with van der Waals surface area (Å²) in [5, 5.41) is 8.23. The molecule has 0 saturated carbocycles. The minimum absolute atomic E-state index is 0.161. The van der Waals surface area contributed by atoms with Gasteiger partial charge in [-0.1, -0.05) is 29.8 Å². The lowest BCUT2D eigenvalue weighted by molar-refractivity contribution is 0.0952. The Labute approximate surface area is 163 Å². The van der Waals surface area contributed by atoms with Crippen molar-refractivity contribution < 1.29 is 4.79 Å². The lowest BCUT2D eigenvalue weighted by Crippen LogP contribution is -2.28. The fourth-order valence-electron chi connectivity index (χ4n) is 3.58. The topological polar surface area (TPSA) is 59.8 Å². The standard InChI is InChI=1S/C21H21ClN4O/c22-17-9-3-1-7-15(17)21(27)24-13-14-26-19-11-4-2-8-16(19)20(25-26)18-10-5-6-12-23-18/h1,3,5-7,9-10,12H,2,4,8,11,13-14H2,(H,24,27). The van der Waals surface area contributed by atoms with Crippen LogP contribution in [0.25, 0.3) is 11.4 Å². The van der Waals surface area contributed by atoms with Crippen LogP contribution in [0.1, 0.15) is 34.5 Å². The van der Waals surface area contributed by atoms with Crippen molar-refractivity contribution in [2.45, 2.75) is 32.2 Å². The lowest BCUT2D eigenvalue weighted by atomic mass is 9.95. The number of nitrogens with zero attached hydrogens (tertiary/aromatic N) is 3. The summed E-state index contributed by atoms with van der Waals surface area (Å²) in [6, 6.07) is 13.0. The van der Waals surface area contributed by atoms with Gasteiger partial charge in [-0.25, -0.2) is 0 Å². The van der Waals surface area contributed by atoms with Crippen molar-refractivity contribution in [3.8, 4) is 11.4 Å². The number of hydrogen-bond acceptors (Lipinski definition) is 3. The lowest BCUT2D eigenvalue weighted by Gasteiger charge is -2.14. The monoisotopic (exact) mass is 380 g/mol. The van der Waals surface area contributed by atoms with Crippen LogP contribution in [0, 0.1) is 0 Å². The quantitative estimate of drug-likeness (QED) is 0.730. The third-order valence-corrected chi connectivity index (χ3v) is 5.22. The molecule has 5 nitrogen and oxygen atoms in total. The number of benzene rings is 1. The summed E-state index contributed by atoms with van der Waals surface area (Å²) in [6.45, 7) is 1.13. The Kier molecular flexibility index (Phi) is 5.21. The highest BCUT2D eigenvalue weighted by Gasteiger charge is 2.22. The van der Waals surface area contributed by atoms with Crippen LogP contribution in [0.2, 0.25) is 5.02 Å². The highest BCUT2D eigenvalue weighted by molar-refractivity contribution is 6.33. The van der Waals surface area contributed by atoms with E-state index in [4.69, 9.17) is 16.7 Å². The van der Waals surface area contributed by atoms with Gasteiger partial charge in [-0.3, -0.25) is 14.5 Å². The van der Waals surface area contributed by atoms with Gasteiger partial charge in [0.2, 0.25) is 0 Å². The Bertz CT molecular complexity index is 952. The van der Waals surface area contributed by atoms with E-state index in [0.717, 1.165) is 24.2 Å². The number of fused-ring (bicyclic) bond motifs is 1. The predicted molar refractivity (Wildman–Crippen MR) is 106 cm³/mol. The number of rotatable bonds is 5. The SMILES string of the molecule is O=C(NCCn1nc(-c2ccccn2)c2c1CCCC2)c1ccccc1Cl. The summed E-state index contributed by atoms with van der Waals surface area (Å²) in [4.78, 5) is 16.8. The first-order valence-corrected chi connectivity index (χ1v) is 9.64. The smallest absolute Gasteiger partial charge is 0.252 e. The summed E-state index contributed by atoms with van der Waals surface area (Å²) >= 11 is 6.10. The molecule has 0 unspecified atom stereocenters. The summed E-state index contributed by atoms with van der Waals surface area (Å²) in [5.41, 5.74) is 4.96. The van der Waals surface area contributed by atoms with Gasteiger partial charge in [-0.15, -0.1) is 0 Å². The van der Waals surface area contributed by atoms with E-state index in [1.165, 1.54) is 24.1 Å². The van der Waals surface area contributed by atoms with Crippen molar-refractivity contribution in [2.75, 3.05) is 6.54 Å². The molecule has 1 amide bonds. The molecular weight excluding hydrogens is 360 g/mol. The summed E-state index contributed by atoms with van der Waals surface area (Å²) in [6.07, 6.45) is 6.21. The summed E-state index contributed by atoms with van der Waals surface area (Å²) in [5.74, 6) is -0.161. The van der Waals surface area contributed by atoms with E-state index in [2.05, 4.69) is 10.3 Å². The minimum atomic E-state index is -0.161. The molecule has 0 aliphatic heterocycles. The maximum Gasteiger partial charge on any atom is 0.252 e. The molecule has 4 rings (SSSR count). The fraction of sp³-hybridized carbons (Fsp3) is 0.286. The van der Waals surface area contributed by atoms with E-state index in [1.54, 1.807) is 18.3 Å². The van der Waals surface area contributed by atoms with Crippen molar-refractivity contribution in [2.24, 2.45) is 0 Å². The first-order chi connectivity index (χ1) is 13.2. The molecule has 0 fully saturated rings. The molecule has 6 heteroatoms. The zero-order valence-corrected chi connectivity index (χ0v) is 15.7. The molecular formula is C21H21ClN4O. The van der Waals surface area contributed by atoms with Gasteiger partial charge >= 0.3 is 0 Å². The number of amides is 1. The van der Waals surface area contributed by atoms with Crippen LogP contribution in [0.4, 0.5) is 0 Å². The highest BCUT2D eigenvalue weighted by Crippen LogP contribution is 2.30. The Morgan fingerprint density at radius 3 is 2.74 bits per heavy atom. The molecule has 3 aromatic rings. The Morgan fingerprint density at radius 1 is 1.11 bits per heavy atom. The van der Waals surface area contributed by atoms with Gasteiger partial charge in [0.25, 0.3) is 5.91 Å². The second-order valence-corrected chi connectivity index (χ2v) is 7.06. The number of halogens is 1. The van der Waals surface area contributed by atoms with Crippen LogP contribution >= 0.6 is 11.6 Å². The first-order valence-electron chi connectivity index (χ1n) is 9.27. The summed E-state index contributed by atoms with van der Waals surface area (Å²) in [7, 11) is 0. The van der Waals surface area contributed by atoms with Crippen LogP contribution in [0.15, 0.2) is 48.7 Å². The number of carbonyl (C=O) groups is 1. The molecule has 0 saturated heterocycles. The molecule has 0 atom stereocenters. The molecule has 1 aliphatic carbocycles. The largest absolute Gasteiger partial charge is 0.350 e. The maximum atomic E-state index is 12.3. The van der Waals surface area contributed by atoms with Gasteiger partial charge in [0.15, 0.2) is 0 Å². The zero-order chi connectivity index (χ0) is 18.6. The van der Waals surface area contributed by atoms with Gasteiger partial charge < -0.3 is 5.32 Å². The van der Waals surface area contributed by atoms with Crippen LogP contribution < -0.4 is 5.32 Å². The van der Waals surface area contributed by atoms with E-state index >= 15 is 0 Å². The van der Waals surface area contributed by atoms with Crippen LogP contribution in [-0.2, 0) is 19.4 Å². The summed E-state index contributed by atoms with van der Waals surface area (Å²) < 4.78 is 2.03. The van der Waals surface area contributed by atoms with Crippen molar-refractivity contribution in [1.82, 2.24) is 20.1 Å². The van der Waals surface area contributed by atoms with Gasteiger partial charge in [0, 0.05) is 24.0 Å². The van der Waals surface area contributed by atoms with E-state index in [-0.39, 0.29) is 5.91 Å². The van der Waals surface area contributed by atoms with Gasteiger partial charge in [-0.05, 0) is 49.9 Å². The van der Waals surface area contributed by atoms with E-state index < -0.39 is 0 Å². The van der Waals surface area contributed by atoms with Crippen molar-refractivity contribution in [1.29, 1.82) is 0 Å². The Balaban J connectivity index is 1.50. The Morgan fingerprint density at radius 2 is 1.93 bits per heavy atom. The maximum absolute atomic E-state index is 12.3. The highest BCUT2D eigenvalue weighted by atomic mass is 35.5. The van der Waals surface area contributed by atoms with Crippen molar-refractivity contribution in [3.63, 3.8) is 0 Å². The van der Waals surface area contributed by atoms with Crippen LogP contribution in [0.5, 0.6) is 0 Å².